The van der Waals surface area contributed by atoms with E-state index in [-0.39, 0.29) is 0 Å². The molecule has 0 aliphatic carbocycles. The van der Waals surface area contributed by atoms with Crippen LogP contribution in [0, 0.1) is 0 Å². The van der Waals surface area contributed by atoms with E-state index in [1.165, 1.54) is 16.7 Å². The van der Waals surface area contributed by atoms with Gasteiger partial charge in [-0.2, -0.15) is 0 Å². The zero-order chi connectivity index (χ0) is 22.8. The predicted molar refractivity (Wildman–Crippen MR) is 128 cm³/mol. The molecule has 0 spiro atoms. The van der Waals surface area contributed by atoms with E-state index in [1.54, 1.807) is 21.3 Å². The van der Waals surface area contributed by atoms with Gasteiger partial charge in [0.2, 0.25) is 0 Å². The van der Waals surface area contributed by atoms with E-state index >= 15 is 0 Å². The van der Waals surface area contributed by atoms with Gasteiger partial charge in [-0.1, -0.05) is 24.3 Å². The second-order valence-corrected chi connectivity index (χ2v) is 8.03. The highest BCUT2D eigenvalue weighted by molar-refractivity contribution is 5.80. The van der Waals surface area contributed by atoms with E-state index in [0.717, 1.165) is 50.1 Å². The highest BCUT2D eigenvalue weighted by Crippen LogP contribution is 2.24. The van der Waals surface area contributed by atoms with Gasteiger partial charge in [0.15, 0.2) is 5.96 Å². The fourth-order valence-electron chi connectivity index (χ4n) is 3.90. The van der Waals surface area contributed by atoms with Crippen LogP contribution in [0.2, 0.25) is 0 Å². The molecule has 0 saturated carbocycles. The molecule has 32 heavy (non-hydrogen) atoms. The molecule has 2 N–H and O–H groups in total. The van der Waals surface area contributed by atoms with Gasteiger partial charge < -0.3 is 24.8 Å². The Morgan fingerprint density at radius 1 is 1.00 bits per heavy atom. The molecule has 1 aliphatic rings. The molecule has 3 rings (SSSR count). The Morgan fingerprint density at radius 2 is 1.69 bits per heavy atom. The van der Waals surface area contributed by atoms with Crippen LogP contribution < -0.4 is 20.1 Å². The molecule has 1 atom stereocenters. The minimum absolute atomic E-state index is 0.365. The molecule has 1 unspecified atom stereocenters. The maximum Gasteiger partial charge on any atom is 0.191 e. The molecule has 1 aliphatic heterocycles. The number of guanidine groups is 1. The van der Waals surface area contributed by atoms with E-state index in [0.29, 0.717) is 19.2 Å². The summed E-state index contributed by atoms with van der Waals surface area (Å²) in [5, 5.41) is 6.98. The van der Waals surface area contributed by atoms with Crippen molar-refractivity contribution in [1.82, 2.24) is 15.5 Å². The Kier molecular flexibility index (Phi) is 9.19. The zero-order valence-corrected chi connectivity index (χ0v) is 19.7. The van der Waals surface area contributed by atoms with Gasteiger partial charge in [-0.25, -0.2) is 4.99 Å². The molecular weight excluding hydrogens is 404 g/mol. The maximum absolute atomic E-state index is 5.40. The maximum atomic E-state index is 5.40. The predicted octanol–water partition coefficient (Wildman–Crippen LogP) is 3.18. The lowest BCUT2D eigenvalue weighted by Crippen LogP contribution is -2.44. The number of aliphatic imine (C=N–C) groups is 1. The molecular formula is C25H36N4O3. The Hall–Kier alpha value is -2.77. The van der Waals surface area contributed by atoms with Crippen molar-refractivity contribution in [1.29, 1.82) is 0 Å². The lowest BCUT2D eigenvalue weighted by molar-refractivity contribution is 0.185. The van der Waals surface area contributed by atoms with Crippen molar-refractivity contribution in [3.8, 4) is 11.5 Å². The summed E-state index contributed by atoms with van der Waals surface area (Å²) in [6, 6.07) is 14.8. The summed E-state index contributed by atoms with van der Waals surface area (Å²) >= 11 is 0. The highest BCUT2D eigenvalue weighted by Gasteiger charge is 2.23. The van der Waals surface area contributed by atoms with Crippen molar-refractivity contribution in [2.75, 3.05) is 41.0 Å². The zero-order valence-electron chi connectivity index (χ0n) is 19.7. The number of benzene rings is 2. The summed E-state index contributed by atoms with van der Waals surface area (Å²) in [6.07, 6.45) is 1.08. The van der Waals surface area contributed by atoms with Crippen LogP contribution >= 0.6 is 0 Å². The van der Waals surface area contributed by atoms with Gasteiger partial charge in [0.25, 0.3) is 0 Å². The van der Waals surface area contributed by atoms with E-state index in [1.807, 2.05) is 6.07 Å². The second kappa shape index (κ2) is 12.3. The van der Waals surface area contributed by atoms with E-state index in [4.69, 9.17) is 19.2 Å². The fourth-order valence-corrected chi connectivity index (χ4v) is 3.90. The van der Waals surface area contributed by atoms with Gasteiger partial charge in [0.1, 0.15) is 11.5 Å². The number of nitrogens with zero attached hydrogens (tertiary/aromatic N) is 2. The summed E-state index contributed by atoms with van der Waals surface area (Å²) in [5.74, 6) is 2.51. The van der Waals surface area contributed by atoms with Gasteiger partial charge >= 0.3 is 0 Å². The van der Waals surface area contributed by atoms with Crippen LogP contribution in [-0.2, 0) is 24.4 Å². The van der Waals surface area contributed by atoms with Crippen molar-refractivity contribution >= 4 is 5.96 Å². The van der Waals surface area contributed by atoms with Crippen LogP contribution in [0.1, 0.15) is 30.0 Å². The first-order valence-electron chi connectivity index (χ1n) is 11.2. The smallest absolute Gasteiger partial charge is 0.191 e. The molecule has 7 nitrogen and oxygen atoms in total. The molecule has 7 heteroatoms. The number of ether oxygens (including phenoxy) is 3. The second-order valence-electron chi connectivity index (χ2n) is 8.03. The number of hydrogen-bond acceptors (Lipinski definition) is 5. The van der Waals surface area contributed by atoms with Gasteiger partial charge in [0.05, 0.1) is 27.4 Å². The van der Waals surface area contributed by atoms with Crippen molar-refractivity contribution in [3.05, 3.63) is 59.2 Å². The third-order valence-corrected chi connectivity index (χ3v) is 5.53. The molecule has 1 fully saturated rings. The van der Waals surface area contributed by atoms with E-state index < -0.39 is 0 Å². The Bertz CT molecular complexity index is 848. The van der Waals surface area contributed by atoms with Crippen molar-refractivity contribution in [3.63, 3.8) is 0 Å². The lowest BCUT2D eigenvalue weighted by atomic mass is 10.1. The quantitative estimate of drug-likeness (QED) is 0.437. The van der Waals surface area contributed by atoms with E-state index in [2.05, 4.69) is 58.9 Å². The summed E-state index contributed by atoms with van der Waals surface area (Å²) in [5.41, 5.74) is 3.55. The van der Waals surface area contributed by atoms with Crippen LogP contribution in [0.5, 0.6) is 11.5 Å². The average molecular weight is 441 g/mol. The third-order valence-electron chi connectivity index (χ3n) is 5.53. The van der Waals surface area contributed by atoms with Crippen LogP contribution in [0.15, 0.2) is 47.5 Å². The van der Waals surface area contributed by atoms with Crippen LogP contribution in [0.25, 0.3) is 0 Å². The standard InChI is InChI=1S/C25H36N4O3/c1-5-26-25(27-15-19-6-8-20(9-7-19)18-30-2)28-22-10-11-29(17-22)16-21-12-23(31-3)14-24(13-21)32-4/h6-9,12-14,22H,5,10-11,15-18H2,1-4H3,(H2,26,27,28). The van der Waals surface area contributed by atoms with Crippen molar-refractivity contribution in [2.24, 2.45) is 4.99 Å². The monoisotopic (exact) mass is 440 g/mol. The Labute approximate surface area is 191 Å². The topological polar surface area (TPSA) is 67.4 Å². The minimum Gasteiger partial charge on any atom is -0.497 e. The van der Waals surface area contributed by atoms with Crippen molar-refractivity contribution in [2.45, 2.75) is 39.1 Å². The van der Waals surface area contributed by atoms with Gasteiger partial charge in [0, 0.05) is 45.4 Å². The van der Waals surface area contributed by atoms with E-state index in [9.17, 15) is 0 Å². The first-order chi connectivity index (χ1) is 15.6. The minimum atomic E-state index is 0.365. The van der Waals surface area contributed by atoms with Gasteiger partial charge in [-0.05, 0) is 42.2 Å². The molecule has 0 radical (unpaired) electrons. The molecule has 2 aromatic carbocycles. The molecule has 0 bridgehead atoms. The number of likely N-dealkylation sites (tertiary alicyclic amines) is 1. The van der Waals surface area contributed by atoms with Crippen LogP contribution in [0.3, 0.4) is 0 Å². The number of hydrogen-bond donors (Lipinski definition) is 2. The molecule has 1 saturated heterocycles. The number of rotatable bonds is 10. The Balaban J connectivity index is 1.55. The van der Waals surface area contributed by atoms with Gasteiger partial charge in [-0.15, -0.1) is 0 Å². The third kappa shape index (κ3) is 7.14. The average Bonchev–Trinajstić information content (AvgIpc) is 3.25. The number of methoxy groups -OCH3 is 3. The van der Waals surface area contributed by atoms with Crippen LogP contribution in [0.4, 0.5) is 0 Å². The molecule has 2 aromatic rings. The van der Waals surface area contributed by atoms with Crippen molar-refractivity contribution < 1.29 is 14.2 Å². The summed E-state index contributed by atoms with van der Waals surface area (Å²) < 4.78 is 16.0. The normalized spacial score (nSPS) is 16.8. The SMILES string of the molecule is CCNC(=NCc1ccc(COC)cc1)NC1CCN(Cc2cc(OC)cc(OC)c2)C1. The summed E-state index contributed by atoms with van der Waals surface area (Å²) in [4.78, 5) is 7.24. The molecule has 0 amide bonds. The Morgan fingerprint density at radius 3 is 2.31 bits per heavy atom. The molecule has 174 valence electrons. The highest BCUT2D eigenvalue weighted by atomic mass is 16.5. The molecule has 1 heterocycles. The largest absolute Gasteiger partial charge is 0.497 e. The number of nitrogens with one attached hydrogen (secondary N) is 2. The first kappa shape index (κ1) is 23.9. The molecule has 0 aromatic heterocycles. The summed E-state index contributed by atoms with van der Waals surface area (Å²) in [7, 11) is 5.08. The van der Waals surface area contributed by atoms with Gasteiger partial charge in [-0.3, -0.25) is 4.90 Å². The lowest BCUT2D eigenvalue weighted by Gasteiger charge is -2.19. The first-order valence-corrected chi connectivity index (χ1v) is 11.2. The van der Waals surface area contributed by atoms with Crippen LogP contribution in [-0.4, -0.2) is 57.9 Å². The fraction of sp³-hybridized carbons (Fsp3) is 0.480. The summed E-state index contributed by atoms with van der Waals surface area (Å²) in [6.45, 7) is 7.07.